The van der Waals surface area contributed by atoms with Crippen molar-refractivity contribution in [2.24, 2.45) is 0 Å². The Labute approximate surface area is 228 Å². The number of hydrogen-bond acceptors (Lipinski definition) is 5. The lowest BCUT2D eigenvalue weighted by atomic mass is 10.0. The zero-order valence-corrected chi connectivity index (χ0v) is 21.5. The van der Waals surface area contributed by atoms with Gasteiger partial charge in [-0.2, -0.15) is 13.2 Å². The van der Waals surface area contributed by atoms with E-state index < -0.39 is 42.9 Å². The van der Waals surface area contributed by atoms with Crippen LogP contribution in [0.15, 0.2) is 53.6 Å². The van der Waals surface area contributed by atoms with Gasteiger partial charge in [0.1, 0.15) is 43.8 Å². The molecule has 2 aromatic rings. The Morgan fingerprint density at radius 1 is 1.13 bits per heavy atom. The first-order valence-corrected chi connectivity index (χ1v) is 11.9. The van der Waals surface area contributed by atoms with Crippen LogP contribution in [0.2, 0.25) is 0 Å². The van der Waals surface area contributed by atoms with Crippen molar-refractivity contribution < 1.29 is 46.1 Å². The molecule has 4 rings (SSSR count). The molecule has 0 spiro atoms. The highest BCUT2D eigenvalue weighted by Gasteiger charge is 2.35. The lowest BCUT2D eigenvalue weighted by molar-refractivity contribution is -0.139. The number of carboxylic acid groups (broad SMARTS) is 1. The van der Waals surface area contributed by atoms with Crippen molar-refractivity contribution in [2.75, 3.05) is 39.6 Å². The van der Waals surface area contributed by atoms with Crippen LogP contribution < -0.4 is 14.2 Å². The average Bonchev–Trinajstić information content (AvgIpc) is 2.90. The van der Waals surface area contributed by atoms with Crippen molar-refractivity contribution in [3.63, 3.8) is 0 Å². The Morgan fingerprint density at radius 2 is 1.90 bits per heavy atom. The van der Waals surface area contributed by atoms with E-state index in [0.717, 1.165) is 23.3 Å². The van der Waals surface area contributed by atoms with E-state index in [1.54, 1.807) is 24.3 Å². The zero-order valence-electron chi connectivity index (χ0n) is 20.7. The highest BCUT2D eigenvalue weighted by molar-refractivity contribution is 5.86. The van der Waals surface area contributed by atoms with Crippen LogP contribution in [0, 0.1) is 0 Å². The fraction of sp³-hybridized carbons (Fsp3) is 0.370. The molecule has 0 saturated carbocycles. The molecule has 39 heavy (non-hydrogen) atoms. The van der Waals surface area contributed by atoms with Gasteiger partial charge in [-0.3, -0.25) is 4.90 Å². The number of alkyl halides is 5. The third kappa shape index (κ3) is 7.86. The highest BCUT2D eigenvalue weighted by atomic mass is 35.5. The topological polar surface area (TPSA) is 68.2 Å². The molecule has 2 aliphatic heterocycles. The van der Waals surface area contributed by atoms with Gasteiger partial charge < -0.3 is 19.3 Å². The number of benzene rings is 2. The zero-order chi connectivity index (χ0) is 27.3. The van der Waals surface area contributed by atoms with Crippen LogP contribution in [0.4, 0.5) is 22.0 Å². The number of halogens is 6. The molecule has 0 radical (unpaired) electrons. The Kier molecular flexibility index (Phi) is 10.2. The second-order valence-electron chi connectivity index (χ2n) is 8.98. The van der Waals surface area contributed by atoms with E-state index in [-0.39, 0.29) is 24.6 Å². The summed E-state index contributed by atoms with van der Waals surface area (Å²) in [5.74, 6) is -0.564. The number of nitrogens with zero attached hydrogens (tertiary/aromatic N) is 1. The lowest BCUT2D eigenvalue weighted by Gasteiger charge is -2.27. The molecule has 12 heteroatoms. The Hall–Kier alpha value is -3.31. The molecule has 1 N–H and O–H groups in total. The second-order valence-corrected chi connectivity index (χ2v) is 8.98. The van der Waals surface area contributed by atoms with E-state index >= 15 is 0 Å². The van der Waals surface area contributed by atoms with Crippen LogP contribution in [-0.2, 0) is 17.6 Å². The van der Waals surface area contributed by atoms with Crippen molar-refractivity contribution in [3.8, 4) is 17.2 Å². The first-order valence-electron chi connectivity index (χ1n) is 11.9. The van der Waals surface area contributed by atoms with Crippen LogP contribution in [0.1, 0.15) is 23.1 Å². The first kappa shape index (κ1) is 30.2. The van der Waals surface area contributed by atoms with E-state index in [1.165, 1.54) is 6.07 Å². The summed E-state index contributed by atoms with van der Waals surface area (Å²) < 4.78 is 82.4. The van der Waals surface area contributed by atoms with Crippen molar-refractivity contribution in [1.29, 1.82) is 0 Å². The molecule has 212 valence electrons. The standard InChI is InChI=1S/C27H26F5NO5.ClH/c28-12-22(13-29)38-24-4-1-17(10-23(24)27(30,31)32)15-36-21-3-2-20-9-18(16-37-25(20)11-21)14-33-7-5-19(6-8-33)26(34)35;/h1-5,9-11,22H,6-8,12-16H2,(H,34,35);1H. The van der Waals surface area contributed by atoms with Gasteiger partial charge >= 0.3 is 12.1 Å². The molecule has 2 heterocycles. The van der Waals surface area contributed by atoms with Crippen LogP contribution in [-0.4, -0.2) is 61.7 Å². The minimum Gasteiger partial charge on any atom is -0.489 e. The number of rotatable bonds is 10. The molecule has 0 aromatic heterocycles. The Morgan fingerprint density at radius 3 is 2.54 bits per heavy atom. The number of carbonyl (C=O) groups is 1. The maximum atomic E-state index is 13.5. The molecule has 2 aliphatic rings. The molecule has 0 aliphatic carbocycles. The van der Waals surface area contributed by atoms with E-state index in [1.807, 2.05) is 6.08 Å². The van der Waals surface area contributed by atoms with Gasteiger partial charge in [0.25, 0.3) is 0 Å². The predicted molar refractivity (Wildman–Crippen MR) is 136 cm³/mol. The third-order valence-electron chi connectivity index (χ3n) is 6.15. The van der Waals surface area contributed by atoms with Crippen molar-refractivity contribution in [3.05, 3.63) is 70.3 Å². The average molecular weight is 576 g/mol. The summed E-state index contributed by atoms with van der Waals surface area (Å²) in [7, 11) is 0. The van der Waals surface area contributed by atoms with Crippen LogP contribution in [0.25, 0.3) is 6.08 Å². The lowest BCUT2D eigenvalue weighted by Crippen LogP contribution is -2.33. The van der Waals surface area contributed by atoms with Gasteiger partial charge in [-0.1, -0.05) is 12.1 Å². The molecule has 2 aromatic carbocycles. The number of aliphatic carboxylic acids is 1. The molecular formula is C27H27ClF5NO5. The molecule has 0 bridgehead atoms. The molecule has 6 nitrogen and oxygen atoms in total. The molecule has 0 unspecified atom stereocenters. The van der Waals surface area contributed by atoms with Gasteiger partial charge in [0.15, 0.2) is 6.10 Å². The molecular weight excluding hydrogens is 549 g/mol. The van der Waals surface area contributed by atoms with Crippen LogP contribution in [0.5, 0.6) is 17.2 Å². The quantitative estimate of drug-likeness (QED) is 0.357. The smallest absolute Gasteiger partial charge is 0.419 e. The number of hydrogen-bond donors (Lipinski definition) is 1. The molecule has 0 saturated heterocycles. The Bertz CT molecular complexity index is 1230. The minimum atomic E-state index is -4.78. The second kappa shape index (κ2) is 13.2. The van der Waals surface area contributed by atoms with Gasteiger partial charge in [-0.15, -0.1) is 12.4 Å². The minimum absolute atomic E-state index is 0. The largest absolute Gasteiger partial charge is 0.489 e. The van der Waals surface area contributed by atoms with E-state index in [9.17, 15) is 26.7 Å². The maximum absolute atomic E-state index is 13.5. The summed E-state index contributed by atoms with van der Waals surface area (Å²) in [5, 5.41) is 9.08. The van der Waals surface area contributed by atoms with Gasteiger partial charge in [0.05, 0.1) is 5.56 Å². The van der Waals surface area contributed by atoms with Crippen molar-refractivity contribution in [1.82, 2.24) is 4.90 Å². The maximum Gasteiger partial charge on any atom is 0.419 e. The fourth-order valence-corrected chi connectivity index (χ4v) is 4.15. The monoisotopic (exact) mass is 575 g/mol. The summed E-state index contributed by atoms with van der Waals surface area (Å²) in [4.78, 5) is 13.2. The summed E-state index contributed by atoms with van der Waals surface area (Å²) in [6.07, 6.45) is -2.19. The van der Waals surface area contributed by atoms with Gasteiger partial charge in [-0.05, 0) is 47.9 Å². The van der Waals surface area contributed by atoms with Gasteiger partial charge in [0, 0.05) is 36.8 Å². The van der Waals surface area contributed by atoms with Crippen LogP contribution in [0.3, 0.4) is 0 Å². The van der Waals surface area contributed by atoms with Gasteiger partial charge in [0.2, 0.25) is 0 Å². The summed E-state index contributed by atoms with van der Waals surface area (Å²) >= 11 is 0. The number of fused-ring (bicyclic) bond motifs is 1. The van der Waals surface area contributed by atoms with Gasteiger partial charge in [-0.25, -0.2) is 13.6 Å². The van der Waals surface area contributed by atoms with Crippen molar-refractivity contribution >= 4 is 24.5 Å². The highest BCUT2D eigenvalue weighted by Crippen LogP contribution is 2.38. The SMILES string of the molecule is Cl.O=C(O)C1=CCN(CC2=Cc3ccc(OCc4ccc(OC(CF)CF)c(C(F)(F)F)c4)cc3OC2)CC1. The van der Waals surface area contributed by atoms with E-state index in [2.05, 4.69) is 4.90 Å². The number of carboxylic acids is 1. The van der Waals surface area contributed by atoms with Crippen LogP contribution >= 0.6 is 12.4 Å². The Balaban J connectivity index is 0.00000420. The predicted octanol–water partition coefficient (Wildman–Crippen LogP) is 5.89. The molecule has 0 fully saturated rings. The first-order chi connectivity index (χ1) is 18.2. The fourth-order valence-electron chi connectivity index (χ4n) is 4.15. The molecule has 0 atom stereocenters. The normalized spacial score (nSPS) is 15.4. The summed E-state index contributed by atoms with van der Waals surface area (Å²) in [5.41, 5.74) is 1.34. The van der Waals surface area contributed by atoms with E-state index in [4.69, 9.17) is 19.3 Å². The van der Waals surface area contributed by atoms with E-state index in [0.29, 0.717) is 49.7 Å². The molecule has 0 amide bonds. The summed E-state index contributed by atoms with van der Waals surface area (Å²) in [6.45, 7) is -0.506. The third-order valence-corrected chi connectivity index (χ3v) is 6.15. The van der Waals surface area contributed by atoms with Crippen molar-refractivity contribution in [2.45, 2.75) is 25.3 Å². The summed E-state index contributed by atoms with van der Waals surface area (Å²) in [6, 6.07) is 8.33. The number of ether oxygens (including phenoxy) is 3.